The van der Waals surface area contributed by atoms with Crippen LogP contribution in [0.4, 0.5) is 5.82 Å². The van der Waals surface area contributed by atoms with Crippen LogP contribution < -0.4 is 5.32 Å². The van der Waals surface area contributed by atoms with Gasteiger partial charge in [0.1, 0.15) is 12.1 Å². The van der Waals surface area contributed by atoms with Crippen molar-refractivity contribution in [3.05, 3.63) is 60.0 Å². The Morgan fingerprint density at radius 1 is 1.10 bits per heavy atom. The van der Waals surface area contributed by atoms with E-state index in [1.54, 1.807) is 6.20 Å². The lowest BCUT2D eigenvalue weighted by Crippen LogP contribution is -2.13. The minimum absolute atomic E-state index is 0.379. The molecule has 2 heterocycles. The van der Waals surface area contributed by atoms with E-state index >= 15 is 0 Å². The molecule has 21 heavy (non-hydrogen) atoms. The fraction of sp³-hybridized carbons (Fsp3) is 0.188. The number of anilines is 1. The van der Waals surface area contributed by atoms with Gasteiger partial charge < -0.3 is 10.4 Å². The molecule has 0 aliphatic rings. The Balaban J connectivity index is 1.76. The van der Waals surface area contributed by atoms with Gasteiger partial charge in [-0.2, -0.15) is 0 Å². The van der Waals surface area contributed by atoms with Crippen molar-refractivity contribution in [2.45, 2.75) is 13.0 Å². The molecule has 0 amide bonds. The van der Waals surface area contributed by atoms with Crippen molar-refractivity contribution in [2.24, 2.45) is 0 Å². The summed E-state index contributed by atoms with van der Waals surface area (Å²) in [5.74, 6) is 0.680. The average Bonchev–Trinajstić information content (AvgIpc) is 2.53. The molecule has 2 N–H and O–H groups in total. The molecule has 1 aromatic carbocycles. The first-order valence-corrected chi connectivity index (χ1v) is 6.78. The summed E-state index contributed by atoms with van der Waals surface area (Å²) in [6, 6.07) is 11.6. The van der Waals surface area contributed by atoms with Crippen molar-refractivity contribution in [3.63, 3.8) is 0 Å². The van der Waals surface area contributed by atoms with Gasteiger partial charge in [0.25, 0.3) is 0 Å². The number of hydrogen-bond donors (Lipinski definition) is 2. The molecule has 0 radical (unpaired) electrons. The number of aryl methyl sites for hydroxylation is 1. The fourth-order valence-corrected chi connectivity index (χ4v) is 2.14. The second-order valence-corrected chi connectivity index (χ2v) is 4.90. The Bertz CT molecular complexity index is 737. The zero-order valence-corrected chi connectivity index (χ0v) is 11.7. The normalized spacial score (nSPS) is 12.3. The highest BCUT2D eigenvalue weighted by molar-refractivity contribution is 5.85. The molecule has 0 aliphatic heterocycles. The van der Waals surface area contributed by atoms with Crippen LogP contribution in [0.5, 0.6) is 0 Å². The second kappa shape index (κ2) is 5.85. The molecule has 2 aromatic heterocycles. The first kappa shape index (κ1) is 13.5. The molecule has 3 rings (SSSR count). The number of pyridine rings is 1. The predicted octanol–water partition coefficient (Wildman–Crippen LogP) is 2.48. The standard InChI is InChI=1S/C16H16N4O/c1-11-4-6-12(7-5-11)14(21)9-18-16-13-3-2-8-17-15(13)19-10-20-16/h2-8,10,14,21H,9H2,1H3,(H,17,18,19,20). The third-order valence-electron chi connectivity index (χ3n) is 3.33. The van der Waals surface area contributed by atoms with E-state index in [2.05, 4.69) is 20.3 Å². The molecule has 0 saturated carbocycles. The van der Waals surface area contributed by atoms with Crippen molar-refractivity contribution in [1.82, 2.24) is 15.0 Å². The van der Waals surface area contributed by atoms with Gasteiger partial charge in [0.05, 0.1) is 11.5 Å². The van der Waals surface area contributed by atoms with Crippen LogP contribution in [-0.2, 0) is 0 Å². The van der Waals surface area contributed by atoms with Gasteiger partial charge in [-0.3, -0.25) is 0 Å². The van der Waals surface area contributed by atoms with Gasteiger partial charge in [0.2, 0.25) is 0 Å². The highest BCUT2D eigenvalue weighted by Gasteiger charge is 2.09. The largest absolute Gasteiger partial charge is 0.387 e. The lowest BCUT2D eigenvalue weighted by Gasteiger charge is -2.13. The van der Waals surface area contributed by atoms with Crippen molar-refractivity contribution in [1.29, 1.82) is 0 Å². The van der Waals surface area contributed by atoms with Crippen LogP contribution in [0, 0.1) is 6.92 Å². The maximum atomic E-state index is 10.2. The third kappa shape index (κ3) is 2.98. The van der Waals surface area contributed by atoms with Gasteiger partial charge >= 0.3 is 0 Å². The summed E-state index contributed by atoms with van der Waals surface area (Å²) in [6.07, 6.45) is 2.57. The number of benzene rings is 1. The zero-order chi connectivity index (χ0) is 14.7. The molecule has 3 aromatic rings. The van der Waals surface area contributed by atoms with Gasteiger partial charge in [0, 0.05) is 12.7 Å². The highest BCUT2D eigenvalue weighted by Crippen LogP contribution is 2.19. The molecule has 0 spiro atoms. The maximum Gasteiger partial charge on any atom is 0.164 e. The van der Waals surface area contributed by atoms with Gasteiger partial charge in [-0.15, -0.1) is 0 Å². The van der Waals surface area contributed by atoms with E-state index in [0.29, 0.717) is 18.0 Å². The van der Waals surface area contributed by atoms with E-state index in [1.807, 2.05) is 43.3 Å². The zero-order valence-electron chi connectivity index (χ0n) is 11.7. The molecule has 1 atom stereocenters. The van der Waals surface area contributed by atoms with Gasteiger partial charge in [-0.1, -0.05) is 29.8 Å². The van der Waals surface area contributed by atoms with Gasteiger partial charge in [0.15, 0.2) is 5.65 Å². The summed E-state index contributed by atoms with van der Waals surface area (Å²) in [5, 5.41) is 14.2. The number of nitrogens with one attached hydrogen (secondary N) is 1. The van der Waals surface area contributed by atoms with Crippen LogP contribution in [0.3, 0.4) is 0 Å². The smallest absolute Gasteiger partial charge is 0.164 e. The molecule has 0 aliphatic carbocycles. The van der Waals surface area contributed by atoms with Crippen molar-refractivity contribution >= 4 is 16.9 Å². The van der Waals surface area contributed by atoms with Gasteiger partial charge in [-0.25, -0.2) is 15.0 Å². The van der Waals surface area contributed by atoms with Crippen molar-refractivity contribution in [3.8, 4) is 0 Å². The lowest BCUT2D eigenvalue weighted by atomic mass is 10.1. The lowest BCUT2D eigenvalue weighted by molar-refractivity contribution is 0.191. The Kier molecular flexibility index (Phi) is 3.75. The van der Waals surface area contributed by atoms with E-state index in [1.165, 1.54) is 11.9 Å². The number of nitrogens with zero attached hydrogens (tertiary/aromatic N) is 3. The summed E-state index contributed by atoms with van der Waals surface area (Å²) in [5.41, 5.74) is 2.69. The number of hydrogen-bond acceptors (Lipinski definition) is 5. The van der Waals surface area contributed by atoms with E-state index in [4.69, 9.17) is 0 Å². The highest BCUT2D eigenvalue weighted by atomic mass is 16.3. The average molecular weight is 280 g/mol. The number of aliphatic hydroxyl groups is 1. The number of fused-ring (bicyclic) bond motifs is 1. The van der Waals surface area contributed by atoms with Gasteiger partial charge in [-0.05, 0) is 24.6 Å². The van der Waals surface area contributed by atoms with Crippen molar-refractivity contribution in [2.75, 3.05) is 11.9 Å². The molecule has 0 bridgehead atoms. The van der Waals surface area contributed by atoms with Crippen LogP contribution in [0.2, 0.25) is 0 Å². The molecule has 106 valence electrons. The van der Waals surface area contributed by atoms with Crippen LogP contribution in [-0.4, -0.2) is 26.6 Å². The summed E-state index contributed by atoms with van der Waals surface area (Å²) < 4.78 is 0. The Morgan fingerprint density at radius 3 is 2.71 bits per heavy atom. The Labute approximate surface area is 122 Å². The first-order chi connectivity index (χ1) is 10.2. The van der Waals surface area contributed by atoms with Crippen LogP contribution in [0.15, 0.2) is 48.9 Å². The molecule has 0 saturated heterocycles. The summed E-state index contributed by atoms with van der Waals surface area (Å²) in [4.78, 5) is 12.5. The number of aromatic nitrogens is 3. The third-order valence-corrected chi connectivity index (χ3v) is 3.33. The minimum atomic E-state index is -0.590. The second-order valence-electron chi connectivity index (χ2n) is 4.90. The summed E-state index contributed by atoms with van der Waals surface area (Å²) in [7, 11) is 0. The first-order valence-electron chi connectivity index (χ1n) is 6.78. The monoisotopic (exact) mass is 280 g/mol. The van der Waals surface area contributed by atoms with Crippen molar-refractivity contribution < 1.29 is 5.11 Å². The summed E-state index contributed by atoms with van der Waals surface area (Å²) >= 11 is 0. The quantitative estimate of drug-likeness (QED) is 0.768. The molecule has 1 unspecified atom stereocenters. The van der Waals surface area contributed by atoms with E-state index < -0.39 is 6.10 Å². The predicted molar refractivity (Wildman–Crippen MR) is 82.0 cm³/mol. The Hall–Kier alpha value is -2.53. The van der Waals surface area contributed by atoms with Crippen LogP contribution in [0.1, 0.15) is 17.2 Å². The Morgan fingerprint density at radius 2 is 1.90 bits per heavy atom. The van der Waals surface area contributed by atoms with Crippen LogP contribution >= 0.6 is 0 Å². The van der Waals surface area contributed by atoms with E-state index in [0.717, 1.165) is 10.9 Å². The molecule has 5 nitrogen and oxygen atoms in total. The minimum Gasteiger partial charge on any atom is -0.387 e. The molecular formula is C16H16N4O. The molecule has 5 heteroatoms. The van der Waals surface area contributed by atoms with Crippen LogP contribution in [0.25, 0.3) is 11.0 Å². The molecular weight excluding hydrogens is 264 g/mol. The maximum absolute atomic E-state index is 10.2. The SMILES string of the molecule is Cc1ccc(C(O)CNc2ncnc3ncccc23)cc1. The van der Waals surface area contributed by atoms with E-state index in [9.17, 15) is 5.11 Å². The molecule has 0 fully saturated rings. The van der Waals surface area contributed by atoms with E-state index in [-0.39, 0.29) is 0 Å². The number of aliphatic hydroxyl groups excluding tert-OH is 1. The summed E-state index contributed by atoms with van der Waals surface area (Å²) in [6.45, 7) is 2.40. The topological polar surface area (TPSA) is 70.9 Å². The fourth-order valence-electron chi connectivity index (χ4n) is 2.14. The number of rotatable bonds is 4.